The molecule has 3 rings (SSSR count). The highest BCUT2D eigenvalue weighted by Gasteiger charge is 2.17. The van der Waals surface area contributed by atoms with Gasteiger partial charge >= 0.3 is 0 Å². The van der Waals surface area contributed by atoms with Crippen LogP contribution in [-0.4, -0.2) is 37.8 Å². The first kappa shape index (κ1) is 20.4. The maximum Gasteiger partial charge on any atom is 0.240 e. The van der Waals surface area contributed by atoms with Crippen molar-refractivity contribution in [2.75, 3.05) is 13.6 Å². The van der Waals surface area contributed by atoms with Crippen molar-refractivity contribution in [1.82, 2.24) is 14.6 Å². The van der Waals surface area contributed by atoms with Gasteiger partial charge in [0.15, 0.2) is 0 Å². The number of amides is 1. The van der Waals surface area contributed by atoms with Gasteiger partial charge in [-0.25, -0.2) is 18.1 Å². The predicted octanol–water partition coefficient (Wildman–Crippen LogP) is 3.24. The molecular formula is C20H23N3O3S2. The summed E-state index contributed by atoms with van der Waals surface area (Å²) >= 11 is 1.55. The third-order valence-electron chi connectivity index (χ3n) is 4.56. The second-order valence-corrected chi connectivity index (χ2v) is 9.60. The van der Waals surface area contributed by atoms with E-state index < -0.39 is 10.0 Å². The van der Waals surface area contributed by atoms with Crippen LogP contribution in [0.4, 0.5) is 0 Å². The number of rotatable bonds is 7. The van der Waals surface area contributed by atoms with E-state index in [0.717, 1.165) is 26.4 Å². The number of sulfonamides is 1. The summed E-state index contributed by atoms with van der Waals surface area (Å²) in [6.45, 7) is 4.26. The van der Waals surface area contributed by atoms with Crippen LogP contribution in [0.2, 0.25) is 0 Å². The SMILES string of the molecule is Cc1ccc(S(=O)(=O)NCCC(=O)N(C)Cc2nc3ccccc3s2)cc1C. The zero-order valence-electron chi connectivity index (χ0n) is 16.1. The minimum Gasteiger partial charge on any atom is -0.339 e. The van der Waals surface area contributed by atoms with Gasteiger partial charge in [-0.05, 0) is 49.2 Å². The second-order valence-electron chi connectivity index (χ2n) is 6.72. The summed E-state index contributed by atoms with van der Waals surface area (Å²) in [4.78, 5) is 18.7. The molecule has 1 amide bonds. The van der Waals surface area contributed by atoms with Crippen molar-refractivity contribution in [2.45, 2.75) is 31.7 Å². The number of hydrogen-bond acceptors (Lipinski definition) is 5. The monoisotopic (exact) mass is 417 g/mol. The average Bonchev–Trinajstić information content (AvgIpc) is 3.05. The van der Waals surface area contributed by atoms with Crippen LogP contribution in [0.5, 0.6) is 0 Å². The minimum absolute atomic E-state index is 0.0538. The van der Waals surface area contributed by atoms with Gasteiger partial charge < -0.3 is 4.90 Å². The first-order chi connectivity index (χ1) is 13.3. The fourth-order valence-corrected chi connectivity index (χ4v) is 4.86. The van der Waals surface area contributed by atoms with Crippen molar-refractivity contribution in [3.8, 4) is 0 Å². The zero-order valence-corrected chi connectivity index (χ0v) is 17.7. The number of aromatic nitrogens is 1. The topological polar surface area (TPSA) is 79.4 Å². The number of nitrogens with one attached hydrogen (secondary N) is 1. The molecule has 0 aliphatic carbocycles. The molecule has 0 saturated heterocycles. The Balaban J connectivity index is 1.54. The Morgan fingerprint density at radius 3 is 2.61 bits per heavy atom. The summed E-state index contributed by atoms with van der Waals surface area (Å²) in [5.74, 6) is -0.137. The number of nitrogens with zero attached hydrogens (tertiary/aromatic N) is 2. The Labute approximate surface area is 169 Å². The van der Waals surface area contributed by atoms with Crippen LogP contribution in [0.1, 0.15) is 22.6 Å². The summed E-state index contributed by atoms with van der Waals surface area (Å²) in [5, 5.41) is 0.854. The number of fused-ring (bicyclic) bond motifs is 1. The molecule has 1 N–H and O–H groups in total. The number of para-hydroxylation sites is 1. The maximum absolute atomic E-state index is 12.4. The molecule has 0 bridgehead atoms. The molecule has 1 aromatic heterocycles. The molecule has 0 radical (unpaired) electrons. The Kier molecular flexibility index (Phi) is 6.12. The number of hydrogen-bond donors (Lipinski definition) is 1. The van der Waals surface area contributed by atoms with Crippen molar-refractivity contribution in [1.29, 1.82) is 0 Å². The fraction of sp³-hybridized carbons (Fsp3) is 0.300. The van der Waals surface area contributed by atoms with Crippen molar-refractivity contribution in [2.24, 2.45) is 0 Å². The van der Waals surface area contributed by atoms with Gasteiger partial charge in [0.05, 0.1) is 21.7 Å². The molecule has 8 heteroatoms. The predicted molar refractivity (Wildman–Crippen MR) is 112 cm³/mol. The molecular weight excluding hydrogens is 394 g/mol. The first-order valence-corrected chi connectivity index (χ1v) is 11.2. The van der Waals surface area contributed by atoms with Gasteiger partial charge in [0.2, 0.25) is 15.9 Å². The maximum atomic E-state index is 12.4. The van der Waals surface area contributed by atoms with Crippen molar-refractivity contribution in [3.63, 3.8) is 0 Å². The average molecular weight is 418 g/mol. The third-order valence-corrected chi connectivity index (χ3v) is 7.04. The molecule has 0 aliphatic heterocycles. The first-order valence-electron chi connectivity index (χ1n) is 8.91. The van der Waals surface area contributed by atoms with Gasteiger partial charge in [-0.1, -0.05) is 18.2 Å². The van der Waals surface area contributed by atoms with Gasteiger partial charge in [-0.3, -0.25) is 4.79 Å². The van der Waals surface area contributed by atoms with Gasteiger partial charge in [0.25, 0.3) is 0 Å². The lowest BCUT2D eigenvalue weighted by Gasteiger charge is -2.16. The van der Waals surface area contributed by atoms with Crippen molar-refractivity contribution in [3.05, 3.63) is 58.6 Å². The molecule has 0 fully saturated rings. The van der Waals surface area contributed by atoms with E-state index in [0.29, 0.717) is 6.54 Å². The van der Waals surface area contributed by atoms with Crippen LogP contribution < -0.4 is 4.72 Å². The molecule has 0 spiro atoms. The number of benzene rings is 2. The smallest absolute Gasteiger partial charge is 0.240 e. The van der Waals surface area contributed by atoms with E-state index in [4.69, 9.17) is 0 Å². The van der Waals surface area contributed by atoms with Crippen LogP contribution in [0, 0.1) is 13.8 Å². The normalized spacial score (nSPS) is 11.7. The highest BCUT2D eigenvalue weighted by molar-refractivity contribution is 7.89. The quantitative estimate of drug-likeness (QED) is 0.640. The summed E-state index contributed by atoms with van der Waals surface area (Å²) in [5.41, 5.74) is 2.87. The van der Waals surface area contributed by atoms with Crippen LogP contribution in [-0.2, 0) is 21.4 Å². The Hall–Kier alpha value is -2.29. The van der Waals surface area contributed by atoms with E-state index in [-0.39, 0.29) is 23.8 Å². The third kappa shape index (κ3) is 4.76. The minimum atomic E-state index is -3.63. The lowest BCUT2D eigenvalue weighted by Crippen LogP contribution is -2.32. The van der Waals surface area contributed by atoms with Crippen LogP contribution in [0.15, 0.2) is 47.4 Å². The van der Waals surface area contributed by atoms with E-state index in [9.17, 15) is 13.2 Å². The molecule has 0 atom stereocenters. The highest BCUT2D eigenvalue weighted by atomic mass is 32.2. The van der Waals surface area contributed by atoms with Crippen molar-refractivity contribution < 1.29 is 13.2 Å². The zero-order chi connectivity index (χ0) is 20.3. The number of aryl methyl sites for hydroxylation is 2. The molecule has 148 valence electrons. The Bertz CT molecular complexity index is 1070. The second kappa shape index (κ2) is 8.38. The fourth-order valence-electron chi connectivity index (χ4n) is 2.73. The van der Waals surface area contributed by atoms with Gasteiger partial charge in [-0.15, -0.1) is 11.3 Å². The molecule has 0 aliphatic rings. The van der Waals surface area contributed by atoms with Crippen LogP contribution in [0.3, 0.4) is 0 Å². The summed E-state index contributed by atoms with van der Waals surface area (Å²) < 4.78 is 28.4. The Morgan fingerprint density at radius 1 is 1.14 bits per heavy atom. The van der Waals surface area contributed by atoms with Gasteiger partial charge in [-0.2, -0.15) is 0 Å². The number of carbonyl (C=O) groups is 1. The number of thiazole rings is 1. The van der Waals surface area contributed by atoms with E-state index in [2.05, 4.69) is 9.71 Å². The molecule has 0 unspecified atom stereocenters. The molecule has 6 nitrogen and oxygen atoms in total. The van der Waals surface area contributed by atoms with Crippen LogP contribution >= 0.6 is 11.3 Å². The summed E-state index contributed by atoms with van der Waals surface area (Å²) in [6.07, 6.45) is 0.0888. The number of carbonyl (C=O) groups excluding carboxylic acids is 1. The molecule has 3 aromatic rings. The lowest BCUT2D eigenvalue weighted by molar-refractivity contribution is -0.130. The molecule has 0 saturated carbocycles. The van der Waals surface area contributed by atoms with Gasteiger partial charge in [0, 0.05) is 20.0 Å². The van der Waals surface area contributed by atoms with E-state index in [1.165, 1.54) is 0 Å². The lowest BCUT2D eigenvalue weighted by atomic mass is 10.1. The molecule has 1 heterocycles. The molecule has 28 heavy (non-hydrogen) atoms. The van der Waals surface area contributed by atoms with E-state index in [1.807, 2.05) is 38.1 Å². The van der Waals surface area contributed by atoms with Crippen LogP contribution in [0.25, 0.3) is 10.2 Å². The summed E-state index contributed by atoms with van der Waals surface area (Å²) in [6, 6.07) is 12.8. The van der Waals surface area contributed by atoms with Crippen molar-refractivity contribution >= 4 is 37.5 Å². The highest BCUT2D eigenvalue weighted by Crippen LogP contribution is 2.22. The van der Waals surface area contributed by atoms with Gasteiger partial charge in [0.1, 0.15) is 5.01 Å². The molecule has 2 aromatic carbocycles. The standard InChI is InChI=1S/C20H23N3O3S2/c1-14-8-9-16(12-15(14)2)28(25,26)21-11-10-20(24)23(3)13-19-22-17-6-4-5-7-18(17)27-19/h4-9,12,21H,10-11,13H2,1-3H3. The van der Waals surface area contributed by atoms with E-state index >= 15 is 0 Å². The largest absolute Gasteiger partial charge is 0.339 e. The van der Waals surface area contributed by atoms with E-state index in [1.54, 1.807) is 41.5 Å². The Morgan fingerprint density at radius 2 is 1.89 bits per heavy atom. The summed E-state index contributed by atoms with van der Waals surface area (Å²) in [7, 11) is -1.93.